The summed E-state index contributed by atoms with van der Waals surface area (Å²) in [6.07, 6.45) is 0. The van der Waals surface area contributed by atoms with E-state index >= 15 is 0 Å². The molecule has 0 unspecified atom stereocenters. The Bertz CT molecular complexity index is 165. The minimum absolute atomic E-state index is 0.119. The smallest absolute Gasteiger partial charge is 0.119 e. The number of hydrogen-bond donors (Lipinski definition) is 0. The van der Waals surface area contributed by atoms with Gasteiger partial charge in [-0.2, -0.15) is 0 Å². The van der Waals surface area contributed by atoms with Gasteiger partial charge in [0.25, 0.3) is 0 Å². The average Bonchev–Trinajstić information content (AvgIpc) is 1.79. The van der Waals surface area contributed by atoms with Crippen molar-refractivity contribution in [2.45, 2.75) is 6.92 Å². The van der Waals surface area contributed by atoms with Crippen molar-refractivity contribution < 1.29 is 0 Å². The minimum Gasteiger partial charge on any atom is -0.260 e. The molecule has 0 aromatic carbocycles. The van der Waals surface area contributed by atoms with Crippen LogP contribution in [0.3, 0.4) is 0 Å². The summed E-state index contributed by atoms with van der Waals surface area (Å²) < 4.78 is 7.51. The summed E-state index contributed by atoms with van der Waals surface area (Å²) in [5, 5.41) is 0. The first-order chi connectivity index (χ1) is 5.52. The predicted molar refractivity (Wildman–Crippen MR) is 52.9 cm³/mol. The Labute approximate surface area is 76.2 Å². The van der Waals surface area contributed by atoms with E-state index in [9.17, 15) is 0 Å². The fourth-order valence-corrected chi connectivity index (χ4v) is 5.75. The van der Waals surface area contributed by atoms with Gasteiger partial charge < -0.3 is 0 Å². The molecule has 3 nitrogen and oxygen atoms in total. The molecule has 0 N–H and O–H groups in total. The van der Waals surface area contributed by atoms with Crippen molar-refractivity contribution in [3.63, 3.8) is 0 Å². The highest BCUT2D eigenvalue weighted by Crippen LogP contribution is 2.56. The van der Waals surface area contributed by atoms with E-state index in [1.165, 1.54) is 19.6 Å². The second-order valence-electron chi connectivity index (χ2n) is 4.53. The first kappa shape index (κ1) is 8.89. The van der Waals surface area contributed by atoms with Crippen LogP contribution in [0.4, 0.5) is 0 Å². The Balaban J connectivity index is 2.25. The zero-order valence-electron chi connectivity index (χ0n) is 8.41. The van der Waals surface area contributed by atoms with Crippen LogP contribution in [0, 0.1) is 5.41 Å². The quantitative estimate of drug-likeness (QED) is 0.525. The average molecular weight is 187 g/mol. The molecule has 3 aliphatic heterocycles. The molecular formula is C8H18N3P. The van der Waals surface area contributed by atoms with Crippen molar-refractivity contribution in [2.75, 3.05) is 40.8 Å². The molecule has 0 radical (unpaired) electrons. The third kappa shape index (κ3) is 1.20. The second-order valence-corrected chi connectivity index (χ2v) is 7.11. The number of fused-ring (bicyclic) bond motifs is 3. The Morgan fingerprint density at radius 3 is 1.50 bits per heavy atom. The second kappa shape index (κ2) is 2.65. The normalized spacial score (nSPS) is 45.5. The highest BCUT2D eigenvalue weighted by Gasteiger charge is 2.46. The summed E-state index contributed by atoms with van der Waals surface area (Å²) in [5.41, 5.74) is 0.495. The molecule has 0 saturated carbocycles. The van der Waals surface area contributed by atoms with Crippen molar-refractivity contribution in [1.82, 2.24) is 14.0 Å². The standard InChI is InChI=1S/C8H18N3P/c1-8-5-9(2)12(10(3)6-8)11(4)7-8/h5-7H2,1-4H3. The lowest BCUT2D eigenvalue weighted by atomic mass is 9.90. The Morgan fingerprint density at radius 1 is 0.917 bits per heavy atom. The van der Waals surface area contributed by atoms with Crippen LogP contribution in [0.1, 0.15) is 6.92 Å². The van der Waals surface area contributed by atoms with Crippen LogP contribution < -0.4 is 0 Å². The lowest BCUT2D eigenvalue weighted by Gasteiger charge is -2.58. The van der Waals surface area contributed by atoms with Crippen LogP contribution in [0.2, 0.25) is 0 Å². The van der Waals surface area contributed by atoms with Crippen LogP contribution in [-0.4, -0.2) is 54.8 Å². The molecule has 12 heavy (non-hydrogen) atoms. The van der Waals surface area contributed by atoms with Gasteiger partial charge in [0.05, 0.1) is 0 Å². The molecule has 3 saturated heterocycles. The third-order valence-electron chi connectivity index (χ3n) is 2.75. The van der Waals surface area contributed by atoms with E-state index in [0.29, 0.717) is 5.41 Å². The van der Waals surface area contributed by atoms with Crippen LogP contribution in [0.25, 0.3) is 0 Å². The number of rotatable bonds is 0. The predicted octanol–water partition coefficient (Wildman–Crippen LogP) is 1.04. The molecule has 0 spiro atoms. The van der Waals surface area contributed by atoms with Crippen molar-refractivity contribution in [2.24, 2.45) is 5.41 Å². The molecule has 0 aromatic rings. The van der Waals surface area contributed by atoms with Crippen molar-refractivity contribution in [1.29, 1.82) is 0 Å². The van der Waals surface area contributed by atoms with Gasteiger partial charge in [-0.1, -0.05) is 6.92 Å². The first-order valence-electron chi connectivity index (χ1n) is 4.45. The van der Waals surface area contributed by atoms with Gasteiger partial charge in [0.15, 0.2) is 0 Å². The van der Waals surface area contributed by atoms with E-state index in [1.807, 2.05) is 0 Å². The lowest BCUT2D eigenvalue weighted by Crippen LogP contribution is -2.58. The Morgan fingerprint density at radius 2 is 1.25 bits per heavy atom. The van der Waals surface area contributed by atoms with Crippen LogP contribution in [0.5, 0.6) is 0 Å². The molecule has 3 aliphatic rings. The summed E-state index contributed by atoms with van der Waals surface area (Å²) in [7, 11) is 6.62. The van der Waals surface area contributed by atoms with Crippen molar-refractivity contribution >= 4 is 8.37 Å². The largest absolute Gasteiger partial charge is 0.260 e. The zero-order chi connectivity index (χ0) is 8.93. The van der Waals surface area contributed by atoms with E-state index in [4.69, 9.17) is 0 Å². The molecule has 3 rings (SSSR count). The maximum atomic E-state index is 2.50. The van der Waals surface area contributed by atoms with Crippen LogP contribution in [0.15, 0.2) is 0 Å². The molecule has 0 aliphatic carbocycles. The molecule has 0 amide bonds. The summed E-state index contributed by atoms with van der Waals surface area (Å²) >= 11 is 0. The minimum atomic E-state index is -0.119. The highest BCUT2D eigenvalue weighted by atomic mass is 31.2. The summed E-state index contributed by atoms with van der Waals surface area (Å²) in [5.74, 6) is 0. The van der Waals surface area contributed by atoms with E-state index in [-0.39, 0.29) is 8.37 Å². The van der Waals surface area contributed by atoms with Gasteiger partial charge in [0.1, 0.15) is 8.37 Å². The molecule has 2 bridgehead atoms. The monoisotopic (exact) mass is 187 g/mol. The lowest BCUT2D eigenvalue weighted by molar-refractivity contribution is 0.102. The van der Waals surface area contributed by atoms with E-state index < -0.39 is 0 Å². The van der Waals surface area contributed by atoms with Crippen molar-refractivity contribution in [3.8, 4) is 0 Å². The Kier molecular flexibility index (Phi) is 1.96. The van der Waals surface area contributed by atoms with E-state index in [2.05, 4.69) is 42.1 Å². The summed E-state index contributed by atoms with van der Waals surface area (Å²) in [6.45, 7) is 6.20. The van der Waals surface area contributed by atoms with Gasteiger partial charge in [-0.25, -0.2) is 0 Å². The third-order valence-corrected chi connectivity index (χ3v) is 5.00. The van der Waals surface area contributed by atoms with E-state index in [0.717, 1.165) is 0 Å². The fourth-order valence-electron chi connectivity index (χ4n) is 2.78. The van der Waals surface area contributed by atoms with Gasteiger partial charge in [-0.15, -0.1) is 0 Å². The van der Waals surface area contributed by atoms with E-state index in [1.54, 1.807) is 0 Å². The number of nitrogens with zero attached hydrogens (tertiary/aromatic N) is 3. The summed E-state index contributed by atoms with van der Waals surface area (Å²) in [4.78, 5) is 0. The van der Waals surface area contributed by atoms with Gasteiger partial charge in [-0.05, 0) is 21.1 Å². The molecule has 3 fully saturated rings. The van der Waals surface area contributed by atoms with Gasteiger partial charge in [0, 0.05) is 25.0 Å². The Hall–Kier alpha value is 0.310. The zero-order valence-corrected chi connectivity index (χ0v) is 9.30. The van der Waals surface area contributed by atoms with Gasteiger partial charge in [0.2, 0.25) is 0 Å². The maximum absolute atomic E-state index is 2.50. The first-order valence-corrected chi connectivity index (χ1v) is 5.65. The highest BCUT2D eigenvalue weighted by molar-refractivity contribution is 7.50. The topological polar surface area (TPSA) is 9.72 Å². The van der Waals surface area contributed by atoms with Crippen molar-refractivity contribution in [3.05, 3.63) is 0 Å². The SMILES string of the molecule is CN1CC2(C)CN(C)P1N(C)C2. The van der Waals surface area contributed by atoms with Gasteiger partial charge >= 0.3 is 0 Å². The molecule has 70 valence electrons. The molecule has 4 heteroatoms. The molecular weight excluding hydrogens is 169 g/mol. The summed E-state index contributed by atoms with van der Waals surface area (Å²) in [6, 6.07) is 0. The molecule has 0 atom stereocenters. The fraction of sp³-hybridized carbons (Fsp3) is 1.00. The maximum Gasteiger partial charge on any atom is 0.119 e. The van der Waals surface area contributed by atoms with Crippen LogP contribution in [-0.2, 0) is 0 Å². The molecule has 0 aromatic heterocycles. The van der Waals surface area contributed by atoms with Crippen LogP contribution >= 0.6 is 8.37 Å². The number of hydrogen-bond acceptors (Lipinski definition) is 3. The van der Waals surface area contributed by atoms with Gasteiger partial charge in [-0.3, -0.25) is 14.0 Å². The molecule has 3 heterocycles.